The van der Waals surface area contributed by atoms with Crippen LogP contribution in [0.3, 0.4) is 0 Å². The standard InChI is InChI=1S/C15H12F2O2S/c1-10-2-5-12(6-3-10)20(19)9-15(18)13-8-11(16)4-7-14(13)17/h2-8H,9H2,1H3. The fraction of sp³-hybridized carbons (Fsp3) is 0.133. The molecule has 0 spiro atoms. The van der Waals surface area contributed by atoms with Crippen molar-refractivity contribution in [1.82, 2.24) is 0 Å². The molecule has 1 unspecified atom stereocenters. The molecule has 2 nitrogen and oxygen atoms in total. The molecule has 0 aromatic heterocycles. The van der Waals surface area contributed by atoms with E-state index in [1.807, 2.05) is 6.92 Å². The first-order valence-corrected chi connectivity index (χ1v) is 7.22. The number of carbonyl (C=O) groups excluding carboxylic acids is 1. The number of aryl methyl sites for hydroxylation is 1. The number of hydrogen-bond donors (Lipinski definition) is 0. The van der Waals surface area contributed by atoms with Gasteiger partial charge in [0.1, 0.15) is 11.6 Å². The first-order chi connectivity index (χ1) is 9.47. The molecule has 0 saturated carbocycles. The van der Waals surface area contributed by atoms with Crippen LogP contribution in [0.25, 0.3) is 0 Å². The van der Waals surface area contributed by atoms with Gasteiger partial charge in [0.05, 0.1) is 22.1 Å². The molecule has 0 fully saturated rings. The zero-order chi connectivity index (χ0) is 14.7. The predicted molar refractivity (Wildman–Crippen MR) is 73.1 cm³/mol. The number of carbonyl (C=O) groups is 1. The molecule has 104 valence electrons. The van der Waals surface area contributed by atoms with E-state index in [-0.39, 0.29) is 11.3 Å². The Bertz CT molecular complexity index is 666. The van der Waals surface area contributed by atoms with Gasteiger partial charge in [-0.2, -0.15) is 0 Å². The van der Waals surface area contributed by atoms with E-state index >= 15 is 0 Å². The zero-order valence-electron chi connectivity index (χ0n) is 10.7. The molecule has 0 aliphatic heterocycles. The minimum atomic E-state index is -1.58. The summed E-state index contributed by atoms with van der Waals surface area (Å²) in [6, 6.07) is 9.51. The number of ketones is 1. The average Bonchev–Trinajstić information content (AvgIpc) is 2.42. The minimum absolute atomic E-state index is 0.370. The van der Waals surface area contributed by atoms with Gasteiger partial charge in [0.25, 0.3) is 0 Å². The molecule has 1 atom stereocenters. The van der Waals surface area contributed by atoms with Crippen LogP contribution < -0.4 is 0 Å². The Morgan fingerprint density at radius 1 is 1.10 bits per heavy atom. The van der Waals surface area contributed by atoms with E-state index in [4.69, 9.17) is 0 Å². The average molecular weight is 294 g/mol. The smallest absolute Gasteiger partial charge is 0.178 e. The van der Waals surface area contributed by atoms with Crippen LogP contribution in [-0.2, 0) is 10.8 Å². The van der Waals surface area contributed by atoms with Crippen molar-refractivity contribution in [1.29, 1.82) is 0 Å². The van der Waals surface area contributed by atoms with Crippen LogP contribution in [0.1, 0.15) is 15.9 Å². The van der Waals surface area contributed by atoms with Crippen molar-refractivity contribution in [3.8, 4) is 0 Å². The predicted octanol–water partition coefficient (Wildman–Crippen LogP) is 3.26. The minimum Gasteiger partial charge on any atom is -0.293 e. The van der Waals surface area contributed by atoms with Crippen molar-refractivity contribution >= 4 is 16.6 Å². The summed E-state index contributed by atoms with van der Waals surface area (Å²) in [6.07, 6.45) is 0. The SMILES string of the molecule is Cc1ccc(S(=O)CC(=O)c2cc(F)ccc2F)cc1. The molecule has 20 heavy (non-hydrogen) atoms. The number of Topliss-reactive ketones (excluding diaryl/α,β-unsaturated/α-hetero) is 1. The summed E-state index contributed by atoms with van der Waals surface area (Å²) in [6.45, 7) is 1.89. The van der Waals surface area contributed by atoms with Gasteiger partial charge in [-0.3, -0.25) is 9.00 Å². The number of benzene rings is 2. The van der Waals surface area contributed by atoms with Gasteiger partial charge in [-0.05, 0) is 37.3 Å². The van der Waals surface area contributed by atoms with Crippen molar-refractivity contribution in [3.05, 3.63) is 65.2 Å². The van der Waals surface area contributed by atoms with Crippen LogP contribution in [0.4, 0.5) is 8.78 Å². The van der Waals surface area contributed by atoms with Crippen LogP contribution in [0.15, 0.2) is 47.4 Å². The molecule has 2 aromatic carbocycles. The Balaban J connectivity index is 2.17. The molecule has 2 aromatic rings. The van der Waals surface area contributed by atoms with E-state index in [1.54, 1.807) is 24.3 Å². The maximum atomic E-state index is 13.4. The second-order valence-corrected chi connectivity index (χ2v) is 5.80. The van der Waals surface area contributed by atoms with Gasteiger partial charge >= 0.3 is 0 Å². The van der Waals surface area contributed by atoms with Crippen molar-refractivity contribution in [2.45, 2.75) is 11.8 Å². The largest absolute Gasteiger partial charge is 0.293 e. The molecule has 0 aliphatic carbocycles. The first kappa shape index (κ1) is 14.5. The molecule has 0 radical (unpaired) electrons. The maximum Gasteiger partial charge on any atom is 0.178 e. The molecule has 0 N–H and O–H groups in total. The molecule has 0 saturated heterocycles. The van der Waals surface area contributed by atoms with Crippen LogP contribution in [0, 0.1) is 18.6 Å². The maximum absolute atomic E-state index is 13.4. The van der Waals surface area contributed by atoms with E-state index in [9.17, 15) is 17.8 Å². The lowest BCUT2D eigenvalue weighted by molar-refractivity contribution is 0.101. The fourth-order valence-corrected chi connectivity index (χ4v) is 2.68. The van der Waals surface area contributed by atoms with E-state index < -0.39 is 28.2 Å². The Kier molecular flexibility index (Phi) is 4.39. The van der Waals surface area contributed by atoms with Crippen molar-refractivity contribution in [2.75, 3.05) is 5.75 Å². The Morgan fingerprint density at radius 2 is 1.75 bits per heavy atom. The lowest BCUT2D eigenvalue weighted by Crippen LogP contribution is -2.13. The third-order valence-corrected chi connectivity index (χ3v) is 4.10. The highest BCUT2D eigenvalue weighted by atomic mass is 32.2. The molecular formula is C15H12F2O2S. The molecule has 0 bridgehead atoms. The highest BCUT2D eigenvalue weighted by molar-refractivity contribution is 7.85. The van der Waals surface area contributed by atoms with Gasteiger partial charge < -0.3 is 0 Å². The number of hydrogen-bond acceptors (Lipinski definition) is 2. The number of halogens is 2. The van der Waals surface area contributed by atoms with Gasteiger partial charge in [-0.1, -0.05) is 17.7 Å². The van der Waals surface area contributed by atoms with Crippen molar-refractivity contribution < 1.29 is 17.8 Å². The third kappa shape index (κ3) is 3.36. The molecular weight excluding hydrogens is 282 g/mol. The lowest BCUT2D eigenvalue weighted by atomic mass is 10.1. The van der Waals surface area contributed by atoms with Crippen LogP contribution in [0.5, 0.6) is 0 Å². The van der Waals surface area contributed by atoms with Crippen molar-refractivity contribution in [2.24, 2.45) is 0 Å². The van der Waals surface area contributed by atoms with E-state index in [0.29, 0.717) is 4.90 Å². The van der Waals surface area contributed by atoms with E-state index in [0.717, 1.165) is 23.8 Å². The highest BCUT2D eigenvalue weighted by Gasteiger charge is 2.16. The topological polar surface area (TPSA) is 34.1 Å². The molecule has 5 heteroatoms. The van der Waals surface area contributed by atoms with Crippen LogP contribution in [-0.4, -0.2) is 15.7 Å². The normalized spacial score (nSPS) is 12.2. The summed E-state index contributed by atoms with van der Waals surface area (Å²) in [7, 11) is -1.58. The third-order valence-electron chi connectivity index (χ3n) is 2.77. The van der Waals surface area contributed by atoms with E-state index in [2.05, 4.69) is 0 Å². The zero-order valence-corrected chi connectivity index (χ0v) is 11.5. The lowest BCUT2D eigenvalue weighted by Gasteiger charge is -2.04. The fourth-order valence-electron chi connectivity index (χ4n) is 1.68. The quantitative estimate of drug-likeness (QED) is 0.811. The highest BCUT2D eigenvalue weighted by Crippen LogP contribution is 2.14. The molecule has 0 heterocycles. The van der Waals surface area contributed by atoms with Gasteiger partial charge in [-0.15, -0.1) is 0 Å². The van der Waals surface area contributed by atoms with E-state index in [1.165, 1.54) is 0 Å². The monoisotopic (exact) mass is 294 g/mol. The van der Waals surface area contributed by atoms with Crippen molar-refractivity contribution in [3.63, 3.8) is 0 Å². The Labute approximate surface area is 117 Å². The van der Waals surface area contributed by atoms with Crippen LogP contribution in [0.2, 0.25) is 0 Å². The summed E-state index contributed by atoms with van der Waals surface area (Å²) in [5.74, 6) is -2.56. The van der Waals surface area contributed by atoms with Gasteiger partial charge in [0.15, 0.2) is 5.78 Å². The van der Waals surface area contributed by atoms with Gasteiger partial charge in [-0.25, -0.2) is 8.78 Å². The Morgan fingerprint density at radius 3 is 2.40 bits per heavy atom. The first-order valence-electron chi connectivity index (χ1n) is 5.90. The summed E-state index contributed by atoms with van der Waals surface area (Å²) < 4.78 is 38.5. The van der Waals surface area contributed by atoms with Gasteiger partial charge in [0, 0.05) is 4.90 Å². The molecule has 0 aliphatic rings. The van der Waals surface area contributed by atoms with Gasteiger partial charge in [0.2, 0.25) is 0 Å². The second-order valence-electron chi connectivity index (χ2n) is 4.35. The molecule has 2 rings (SSSR count). The summed E-state index contributed by atoms with van der Waals surface area (Å²) >= 11 is 0. The second kappa shape index (κ2) is 6.05. The summed E-state index contributed by atoms with van der Waals surface area (Å²) in [5, 5.41) is 0. The molecule has 0 amide bonds. The summed E-state index contributed by atoms with van der Waals surface area (Å²) in [4.78, 5) is 12.4. The van der Waals surface area contributed by atoms with Crippen LogP contribution >= 0.6 is 0 Å². The number of rotatable bonds is 4. The summed E-state index contributed by atoms with van der Waals surface area (Å²) in [5.41, 5.74) is 0.638. The Hall–Kier alpha value is -1.88.